The van der Waals surface area contributed by atoms with E-state index in [0.29, 0.717) is 29.0 Å². The molecule has 7 heteroatoms. The lowest BCUT2D eigenvalue weighted by atomic mass is 10.2. The third-order valence-electron chi connectivity index (χ3n) is 2.85. The smallest absolute Gasteiger partial charge is 0.283 e. The van der Waals surface area contributed by atoms with Crippen molar-refractivity contribution in [3.05, 3.63) is 40.3 Å². The summed E-state index contributed by atoms with van der Waals surface area (Å²) in [5.41, 5.74) is 0.558. The van der Waals surface area contributed by atoms with Gasteiger partial charge in [-0.15, -0.1) is 10.2 Å². The Morgan fingerprint density at radius 2 is 2.10 bits per heavy atom. The van der Waals surface area contributed by atoms with Gasteiger partial charge in [0, 0.05) is 23.9 Å². The summed E-state index contributed by atoms with van der Waals surface area (Å²) >= 11 is 0. The van der Waals surface area contributed by atoms with E-state index < -0.39 is 4.92 Å². The van der Waals surface area contributed by atoms with Crippen LogP contribution in [-0.2, 0) is 6.42 Å². The summed E-state index contributed by atoms with van der Waals surface area (Å²) in [6, 6.07) is 6.06. The topological polar surface area (TPSA) is 95.2 Å². The maximum Gasteiger partial charge on any atom is 0.283 e. The largest absolute Gasteiger partial charge is 0.451 e. The average Bonchev–Trinajstić information content (AvgIpc) is 3.03. The first-order valence-electron chi connectivity index (χ1n) is 6.18. The fourth-order valence-electron chi connectivity index (χ4n) is 1.92. The molecule has 7 nitrogen and oxygen atoms in total. The quantitative estimate of drug-likeness (QED) is 0.534. The van der Waals surface area contributed by atoms with Gasteiger partial charge in [0.05, 0.1) is 4.92 Å². The van der Waals surface area contributed by atoms with Gasteiger partial charge in [0.2, 0.25) is 5.89 Å². The third-order valence-corrected chi connectivity index (χ3v) is 2.85. The van der Waals surface area contributed by atoms with Crippen molar-refractivity contribution in [2.45, 2.75) is 19.8 Å². The number of nitro benzene ring substituents is 1. The van der Waals surface area contributed by atoms with Crippen LogP contribution in [0.15, 0.2) is 33.1 Å². The second-order valence-electron chi connectivity index (χ2n) is 4.34. The first-order chi connectivity index (χ1) is 9.67. The molecular formula is C13H11N3O4. The molecular weight excluding hydrogens is 262 g/mol. The molecule has 102 valence electrons. The van der Waals surface area contributed by atoms with Crippen LogP contribution in [0.2, 0.25) is 0 Å². The number of rotatable bonds is 4. The number of furan rings is 1. The number of aromatic nitrogens is 2. The molecule has 0 atom stereocenters. The van der Waals surface area contributed by atoms with Crippen molar-refractivity contribution < 1.29 is 13.8 Å². The van der Waals surface area contributed by atoms with Crippen LogP contribution in [0.3, 0.4) is 0 Å². The Bertz CT molecular complexity index is 775. The van der Waals surface area contributed by atoms with Crippen LogP contribution in [0.4, 0.5) is 5.69 Å². The van der Waals surface area contributed by atoms with Crippen molar-refractivity contribution in [3.8, 4) is 11.7 Å². The molecule has 2 aromatic heterocycles. The highest BCUT2D eigenvalue weighted by Gasteiger charge is 2.15. The molecule has 0 fully saturated rings. The molecule has 0 spiro atoms. The van der Waals surface area contributed by atoms with Gasteiger partial charge in [-0.25, -0.2) is 0 Å². The van der Waals surface area contributed by atoms with Gasteiger partial charge in [-0.3, -0.25) is 10.1 Å². The van der Waals surface area contributed by atoms with Crippen LogP contribution < -0.4 is 0 Å². The molecule has 20 heavy (non-hydrogen) atoms. The van der Waals surface area contributed by atoms with Crippen LogP contribution in [0, 0.1) is 10.1 Å². The van der Waals surface area contributed by atoms with Gasteiger partial charge in [0.25, 0.3) is 11.6 Å². The molecule has 0 aliphatic carbocycles. The van der Waals surface area contributed by atoms with E-state index in [0.717, 1.165) is 6.42 Å². The summed E-state index contributed by atoms with van der Waals surface area (Å²) in [5, 5.41) is 19.2. The van der Waals surface area contributed by atoms with Crippen LogP contribution in [0.1, 0.15) is 19.2 Å². The highest BCUT2D eigenvalue weighted by atomic mass is 16.6. The van der Waals surface area contributed by atoms with Crippen LogP contribution in [-0.4, -0.2) is 15.1 Å². The number of nitrogens with zero attached hydrogens (tertiary/aromatic N) is 3. The van der Waals surface area contributed by atoms with E-state index >= 15 is 0 Å². The highest BCUT2D eigenvalue weighted by molar-refractivity contribution is 5.83. The van der Waals surface area contributed by atoms with Crippen molar-refractivity contribution in [1.29, 1.82) is 0 Å². The summed E-state index contributed by atoms with van der Waals surface area (Å²) < 4.78 is 11.0. The first-order valence-corrected chi connectivity index (χ1v) is 6.18. The van der Waals surface area contributed by atoms with E-state index in [-0.39, 0.29) is 11.6 Å². The summed E-state index contributed by atoms with van der Waals surface area (Å²) in [6.07, 6.45) is 1.62. The van der Waals surface area contributed by atoms with Gasteiger partial charge in [-0.05, 0) is 18.6 Å². The maximum absolute atomic E-state index is 10.7. The zero-order chi connectivity index (χ0) is 14.1. The van der Waals surface area contributed by atoms with E-state index in [9.17, 15) is 10.1 Å². The second kappa shape index (κ2) is 4.76. The fraction of sp³-hybridized carbons (Fsp3) is 0.231. The number of nitro groups is 1. The SMILES string of the molecule is CCCc1nnc(-c2cc3cc([N+](=O)[O-])ccc3o2)o1. The van der Waals surface area contributed by atoms with Crippen molar-refractivity contribution in [2.24, 2.45) is 0 Å². The lowest BCUT2D eigenvalue weighted by molar-refractivity contribution is -0.384. The number of non-ortho nitro benzene ring substituents is 1. The summed E-state index contributed by atoms with van der Waals surface area (Å²) in [7, 11) is 0. The van der Waals surface area contributed by atoms with Crippen LogP contribution in [0.25, 0.3) is 22.6 Å². The number of aryl methyl sites for hydroxylation is 1. The monoisotopic (exact) mass is 273 g/mol. The molecule has 0 aliphatic heterocycles. The molecule has 1 aromatic carbocycles. The lowest BCUT2D eigenvalue weighted by Crippen LogP contribution is -1.85. The summed E-state index contributed by atoms with van der Waals surface area (Å²) in [5.74, 6) is 1.25. The molecule has 0 N–H and O–H groups in total. The predicted molar refractivity (Wildman–Crippen MR) is 70.2 cm³/mol. The molecule has 2 heterocycles. The average molecular weight is 273 g/mol. The molecule has 0 saturated heterocycles. The van der Waals surface area contributed by atoms with E-state index in [1.54, 1.807) is 12.1 Å². The van der Waals surface area contributed by atoms with Crippen molar-refractivity contribution in [1.82, 2.24) is 10.2 Å². The van der Waals surface area contributed by atoms with Crippen molar-refractivity contribution in [3.63, 3.8) is 0 Å². The Morgan fingerprint density at radius 3 is 2.85 bits per heavy atom. The minimum atomic E-state index is -0.446. The third kappa shape index (κ3) is 2.13. The van der Waals surface area contributed by atoms with Gasteiger partial charge in [0.1, 0.15) is 5.58 Å². The Hall–Kier alpha value is -2.70. The zero-order valence-corrected chi connectivity index (χ0v) is 10.7. The fourth-order valence-corrected chi connectivity index (χ4v) is 1.92. The molecule has 0 radical (unpaired) electrons. The lowest BCUT2D eigenvalue weighted by Gasteiger charge is -1.89. The van der Waals surface area contributed by atoms with Gasteiger partial charge >= 0.3 is 0 Å². The number of benzene rings is 1. The van der Waals surface area contributed by atoms with E-state index in [1.807, 2.05) is 6.92 Å². The van der Waals surface area contributed by atoms with E-state index in [1.165, 1.54) is 12.1 Å². The normalized spacial score (nSPS) is 11.1. The Labute approximate surface area is 113 Å². The molecule has 0 aliphatic rings. The standard InChI is InChI=1S/C13H11N3O4/c1-2-3-12-14-15-13(20-12)11-7-8-6-9(16(17)18)4-5-10(8)19-11/h4-7H,2-3H2,1H3. The summed E-state index contributed by atoms with van der Waals surface area (Å²) in [6.45, 7) is 2.02. The van der Waals surface area contributed by atoms with E-state index in [4.69, 9.17) is 8.83 Å². The van der Waals surface area contributed by atoms with E-state index in [2.05, 4.69) is 10.2 Å². The highest BCUT2D eigenvalue weighted by Crippen LogP contribution is 2.29. The number of hydrogen-bond acceptors (Lipinski definition) is 6. The predicted octanol–water partition coefficient (Wildman–Crippen LogP) is 3.34. The van der Waals surface area contributed by atoms with Gasteiger partial charge in [-0.1, -0.05) is 6.92 Å². The zero-order valence-electron chi connectivity index (χ0n) is 10.7. The van der Waals surface area contributed by atoms with Gasteiger partial charge in [0.15, 0.2) is 5.76 Å². The molecule has 0 amide bonds. The Balaban J connectivity index is 2.01. The number of hydrogen-bond donors (Lipinski definition) is 0. The molecule has 0 unspecified atom stereocenters. The molecule has 3 aromatic rings. The molecule has 3 rings (SSSR count). The Morgan fingerprint density at radius 1 is 1.25 bits per heavy atom. The molecule has 0 bridgehead atoms. The van der Waals surface area contributed by atoms with Crippen LogP contribution >= 0.6 is 0 Å². The minimum Gasteiger partial charge on any atom is -0.451 e. The minimum absolute atomic E-state index is 0.0158. The summed E-state index contributed by atoms with van der Waals surface area (Å²) in [4.78, 5) is 10.3. The van der Waals surface area contributed by atoms with Gasteiger partial charge in [-0.2, -0.15) is 0 Å². The first kappa shape index (κ1) is 12.3. The maximum atomic E-state index is 10.7. The van der Waals surface area contributed by atoms with Crippen LogP contribution in [0.5, 0.6) is 0 Å². The van der Waals surface area contributed by atoms with Gasteiger partial charge < -0.3 is 8.83 Å². The second-order valence-corrected chi connectivity index (χ2v) is 4.34. The Kier molecular flexibility index (Phi) is 2.94. The van der Waals surface area contributed by atoms with Crippen molar-refractivity contribution >= 4 is 16.7 Å². The molecule has 0 saturated carbocycles. The number of fused-ring (bicyclic) bond motifs is 1. The van der Waals surface area contributed by atoms with Crippen molar-refractivity contribution in [2.75, 3.05) is 0 Å².